The number of aryl methyl sites for hydroxylation is 1. The van der Waals surface area contributed by atoms with Gasteiger partial charge in [0.15, 0.2) is 0 Å². The summed E-state index contributed by atoms with van der Waals surface area (Å²) in [6.07, 6.45) is 0.577. The van der Waals surface area contributed by atoms with Crippen LogP contribution < -0.4 is 5.73 Å². The number of nitrogens with two attached hydrogens (primary N) is 1. The lowest BCUT2D eigenvalue weighted by atomic mass is 9.96. The predicted octanol–water partition coefficient (Wildman–Crippen LogP) is 4.03. The molecule has 0 aliphatic carbocycles. The van der Waals surface area contributed by atoms with E-state index in [1.54, 1.807) is 6.07 Å². The molecule has 2 N–H and O–H groups in total. The summed E-state index contributed by atoms with van der Waals surface area (Å²) >= 11 is 6.10. The molecule has 1 unspecified atom stereocenters. The number of benzene rings is 2. The molecule has 0 saturated heterocycles. The van der Waals surface area contributed by atoms with Gasteiger partial charge in [0.1, 0.15) is 5.82 Å². The Morgan fingerprint density at radius 3 is 2.67 bits per heavy atom. The lowest BCUT2D eigenvalue weighted by Crippen LogP contribution is -2.14. The molecule has 3 heteroatoms. The summed E-state index contributed by atoms with van der Waals surface area (Å²) in [6, 6.07) is 12.0. The molecule has 2 rings (SSSR count). The summed E-state index contributed by atoms with van der Waals surface area (Å²) in [5.74, 6) is -0.234. The summed E-state index contributed by atoms with van der Waals surface area (Å²) in [7, 11) is 0. The highest BCUT2D eigenvalue weighted by molar-refractivity contribution is 6.31. The van der Waals surface area contributed by atoms with E-state index >= 15 is 0 Å². The average molecular weight is 264 g/mol. The predicted molar refractivity (Wildman–Crippen MR) is 73.2 cm³/mol. The summed E-state index contributed by atoms with van der Waals surface area (Å²) in [5, 5.41) is 0.652. The molecule has 94 valence electrons. The second-order valence-electron chi connectivity index (χ2n) is 4.40. The zero-order valence-electron chi connectivity index (χ0n) is 10.2. The van der Waals surface area contributed by atoms with Gasteiger partial charge in [-0.1, -0.05) is 35.9 Å². The van der Waals surface area contributed by atoms with E-state index in [4.69, 9.17) is 17.3 Å². The summed E-state index contributed by atoms with van der Waals surface area (Å²) in [4.78, 5) is 0. The highest BCUT2D eigenvalue weighted by Crippen LogP contribution is 2.25. The SMILES string of the molecule is Cc1ccc(F)cc1CC(N)c1ccccc1Cl. The zero-order valence-corrected chi connectivity index (χ0v) is 10.9. The molecule has 0 fully saturated rings. The Balaban J connectivity index is 2.24. The van der Waals surface area contributed by atoms with Crippen LogP contribution in [0.3, 0.4) is 0 Å². The van der Waals surface area contributed by atoms with E-state index in [2.05, 4.69) is 0 Å². The third kappa shape index (κ3) is 2.89. The molecule has 0 spiro atoms. The second kappa shape index (κ2) is 5.51. The van der Waals surface area contributed by atoms with Crippen molar-refractivity contribution in [2.24, 2.45) is 5.73 Å². The molecule has 0 bridgehead atoms. The van der Waals surface area contributed by atoms with Crippen LogP contribution in [0.25, 0.3) is 0 Å². The van der Waals surface area contributed by atoms with Crippen molar-refractivity contribution in [3.05, 3.63) is 70.0 Å². The van der Waals surface area contributed by atoms with E-state index < -0.39 is 0 Å². The standard InChI is InChI=1S/C15H15ClFN/c1-10-6-7-12(17)8-11(10)9-15(18)13-4-2-3-5-14(13)16/h2-8,15H,9,18H2,1H3. The maximum atomic E-state index is 13.2. The monoisotopic (exact) mass is 263 g/mol. The van der Waals surface area contributed by atoms with Crippen molar-refractivity contribution >= 4 is 11.6 Å². The van der Waals surface area contributed by atoms with Gasteiger partial charge in [-0.05, 0) is 48.2 Å². The highest BCUT2D eigenvalue weighted by Gasteiger charge is 2.12. The van der Waals surface area contributed by atoms with Crippen LogP contribution in [-0.4, -0.2) is 0 Å². The Bertz CT molecular complexity index is 554. The zero-order chi connectivity index (χ0) is 13.1. The number of halogens is 2. The topological polar surface area (TPSA) is 26.0 Å². The number of hydrogen-bond donors (Lipinski definition) is 1. The lowest BCUT2D eigenvalue weighted by molar-refractivity contribution is 0.621. The average Bonchev–Trinajstić information content (AvgIpc) is 2.34. The van der Waals surface area contributed by atoms with E-state index in [9.17, 15) is 4.39 Å². The van der Waals surface area contributed by atoms with Crippen molar-refractivity contribution < 1.29 is 4.39 Å². The van der Waals surface area contributed by atoms with Crippen LogP contribution in [0.4, 0.5) is 4.39 Å². The molecule has 1 nitrogen and oxygen atoms in total. The van der Waals surface area contributed by atoms with E-state index in [0.717, 1.165) is 16.7 Å². The first-order valence-corrected chi connectivity index (χ1v) is 6.21. The smallest absolute Gasteiger partial charge is 0.123 e. The van der Waals surface area contributed by atoms with Crippen molar-refractivity contribution in [3.8, 4) is 0 Å². The van der Waals surface area contributed by atoms with E-state index in [0.29, 0.717) is 11.4 Å². The number of rotatable bonds is 3. The van der Waals surface area contributed by atoms with Crippen LogP contribution in [-0.2, 0) is 6.42 Å². The molecule has 0 heterocycles. The van der Waals surface area contributed by atoms with Crippen LogP contribution in [0, 0.1) is 12.7 Å². The Morgan fingerprint density at radius 2 is 1.94 bits per heavy atom. The van der Waals surface area contributed by atoms with Gasteiger partial charge in [-0.15, -0.1) is 0 Å². The minimum atomic E-state index is -0.234. The third-order valence-corrected chi connectivity index (χ3v) is 3.40. The first-order chi connectivity index (χ1) is 8.58. The van der Waals surface area contributed by atoms with Gasteiger partial charge in [0, 0.05) is 11.1 Å². The normalized spacial score (nSPS) is 12.4. The van der Waals surface area contributed by atoms with Crippen molar-refractivity contribution in [3.63, 3.8) is 0 Å². The molecule has 0 aliphatic rings. The van der Waals surface area contributed by atoms with Gasteiger partial charge >= 0.3 is 0 Å². The van der Waals surface area contributed by atoms with Crippen molar-refractivity contribution in [2.45, 2.75) is 19.4 Å². The molecule has 0 saturated carbocycles. The molecule has 0 radical (unpaired) electrons. The third-order valence-electron chi connectivity index (χ3n) is 3.06. The maximum absolute atomic E-state index is 13.2. The van der Waals surface area contributed by atoms with E-state index in [-0.39, 0.29) is 11.9 Å². The minimum absolute atomic E-state index is 0.223. The Morgan fingerprint density at radius 1 is 1.22 bits per heavy atom. The van der Waals surface area contributed by atoms with Gasteiger partial charge in [0.2, 0.25) is 0 Å². The van der Waals surface area contributed by atoms with Crippen LogP contribution in [0.15, 0.2) is 42.5 Å². The molecule has 0 amide bonds. The van der Waals surface area contributed by atoms with Gasteiger partial charge in [0.25, 0.3) is 0 Å². The summed E-state index contributed by atoms with van der Waals surface area (Å²) in [6.45, 7) is 1.95. The van der Waals surface area contributed by atoms with Gasteiger partial charge in [-0.25, -0.2) is 4.39 Å². The van der Waals surface area contributed by atoms with Gasteiger partial charge < -0.3 is 5.73 Å². The Labute approximate surface area is 111 Å². The first kappa shape index (κ1) is 13.1. The molecular formula is C15H15ClFN. The van der Waals surface area contributed by atoms with Crippen LogP contribution >= 0.6 is 11.6 Å². The largest absolute Gasteiger partial charge is 0.324 e. The summed E-state index contributed by atoms with van der Waals surface area (Å²) in [5.41, 5.74) is 8.99. The minimum Gasteiger partial charge on any atom is -0.324 e. The molecule has 0 aromatic heterocycles. The quantitative estimate of drug-likeness (QED) is 0.889. The molecular weight excluding hydrogens is 249 g/mol. The Kier molecular flexibility index (Phi) is 4.00. The second-order valence-corrected chi connectivity index (χ2v) is 4.81. The molecule has 2 aromatic carbocycles. The van der Waals surface area contributed by atoms with Gasteiger partial charge in [-0.3, -0.25) is 0 Å². The molecule has 2 aromatic rings. The van der Waals surface area contributed by atoms with Crippen LogP contribution in [0.1, 0.15) is 22.7 Å². The van der Waals surface area contributed by atoms with Crippen molar-refractivity contribution in [2.75, 3.05) is 0 Å². The lowest BCUT2D eigenvalue weighted by Gasteiger charge is -2.15. The van der Waals surface area contributed by atoms with Gasteiger partial charge in [0.05, 0.1) is 0 Å². The molecule has 0 aliphatic heterocycles. The highest BCUT2D eigenvalue weighted by atomic mass is 35.5. The van der Waals surface area contributed by atoms with Crippen LogP contribution in [0.5, 0.6) is 0 Å². The van der Waals surface area contributed by atoms with E-state index in [1.165, 1.54) is 12.1 Å². The fourth-order valence-electron chi connectivity index (χ4n) is 1.98. The molecule has 18 heavy (non-hydrogen) atoms. The Hall–Kier alpha value is -1.38. The van der Waals surface area contributed by atoms with Crippen molar-refractivity contribution in [1.29, 1.82) is 0 Å². The number of hydrogen-bond acceptors (Lipinski definition) is 1. The van der Waals surface area contributed by atoms with Crippen molar-refractivity contribution in [1.82, 2.24) is 0 Å². The maximum Gasteiger partial charge on any atom is 0.123 e. The molecule has 1 atom stereocenters. The van der Waals surface area contributed by atoms with Crippen LogP contribution in [0.2, 0.25) is 5.02 Å². The summed E-state index contributed by atoms with van der Waals surface area (Å²) < 4.78 is 13.2. The van der Waals surface area contributed by atoms with Gasteiger partial charge in [-0.2, -0.15) is 0 Å². The van der Waals surface area contributed by atoms with E-state index in [1.807, 2.05) is 31.2 Å². The first-order valence-electron chi connectivity index (χ1n) is 5.83. The fraction of sp³-hybridized carbons (Fsp3) is 0.200. The fourth-order valence-corrected chi connectivity index (χ4v) is 2.26.